The molecule has 4 rings (SSSR count). The molecule has 1 atom stereocenters. The minimum atomic E-state index is -1.09. The maximum atomic E-state index is 12.5. The van der Waals surface area contributed by atoms with E-state index in [2.05, 4.69) is 22.8 Å². The van der Waals surface area contributed by atoms with Gasteiger partial charge in [0.1, 0.15) is 11.9 Å². The van der Waals surface area contributed by atoms with Crippen molar-refractivity contribution in [2.75, 3.05) is 11.9 Å². The summed E-state index contributed by atoms with van der Waals surface area (Å²) >= 11 is 6.06. The van der Waals surface area contributed by atoms with Crippen molar-refractivity contribution >= 4 is 29.3 Å². The summed E-state index contributed by atoms with van der Waals surface area (Å²) in [6.45, 7) is 0.988. The SMILES string of the molecule is O=C(NC(Cc1ccc(CCCc2ccc3c(n2)NCCC3)cc1)C(=O)O)c1ccccc1Cl. The fourth-order valence-electron chi connectivity index (χ4n) is 4.14. The third-order valence-corrected chi connectivity index (χ3v) is 6.36. The van der Waals surface area contributed by atoms with Crippen LogP contribution in [0.1, 0.15) is 45.6 Å². The van der Waals surface area contributed by atoms with Gasteiger partial charge >= 0.3 is 5.97 Å². The van der Waals surface area contributed by atoms with Crippen molar-refractivity contribution in [1.82, 2.24) is 10.3 Å². The second kappa shape index (κ2) is 11.2. The third-order valence-electron chi connectivity index (χ3n) is 6.03. The van der Waals surface area contributed by atoms with Gasteiger partial charge in [0.2, 0.25) is 0 Å². The van der Waals surface area contributed by atoms with Crippen LogP contribution in [-0.2, 0) is 30.5 Å². The molecule has 0 aliphatic carbocycles. The van der Waals surface area contributed by atoms with E-state index >= 15 is 0 Å². The number of halogens is 1. The predicted octanol–water partition coefficient (Wildman–Crippen LogP) is 4.69. The first kappa shape index (κ1) is 23.8. The van der Waals surface area contributed by atoms with E-state index in [1.165, 1.54) is 11.1 Å². The van der Waals surface area contributed by atoms with Gasteiger partial charge in [0.05, 0.1) is 10.6 Å². The molecule has 34 heavy (non-hydrogen) atoms. The van der Waals surface area contributed by atoms with Gasteiger partial charge in [-0.3, -0.25) is 4.79 Å². The molecule has 1 aromatic heterocycles. The number of amides is 1. The molecule has 1 aliphatic heterocycles. The second-order valence-corrected chi connectivity index (χ2v) is 8.97. The van der Waals surface area contributed by atoms with E-state index in [0.717, 1.165) is 55.7 Å². The van der Waals surface area contributed by atoms with Crippen LogP contribution in [0.25, 0.3) is 0 Å². The van der Waals surface area contributed by atoms with Crippen LogP contribution in [0.5, 0.6) is 0 Å². The number of carbonyl (C=O) groups is 2. The number of nitrogens with one attached hydrogen (secondary N) is 2. The molecule has 176 valence electrons. The molecule has 0 saturated heterocycles. The van der Waals surface area contributed by atoms with Gasteiger partial charge in [-0.1, -0.05) is 54.1 Å². The summed E-state index contributed by atoms with van der Waals surface area (Å²) in [6, 6.07) is 17.7. The number of carboxylic acids is 1. The van der Waals surface area contributed by atoms with Gasteiger partial charge in [-0.2, -0.15) is 0 Å². The molecule has 3 N–H and O–H groups in total. The third kappa shape index (κ3) is 6.14. The Kier molecular flexibility index (Phi) is 7.80. The molecule has 0 bridgehead atoms. The normalized spacial score (nSPS) is 13.4. The predicted molar refractivity (Wildman–Crippen MR) is 134 cm³/mol. The van der Waals surface area contributed by atoms with E-state index < -0.39 is 17.9 Å². The van der Waals surface area contributed by atoms with Crippen LogP contribution in [0.4, 0.5) is 5.82 Å². The number of rotatable bonds is 9. The molecule has 7 heteroatoms. The summed E-state index contributed by atoms with van der Waals surface area (Å²) in [6.07, 6.45) is 5.25. The van der Waals surface area contributed by atoms with Gasteiger partial charge in [0.25, 0.3) is 5.91 Å². The molecule has 0 saturated carbocycles. The zero-order chi connectivity index (χ0) is 23.9. The zero-order valence-corrected chi connectivity index (χ0v) is 19.6. The Balaban J connectivity index is 1.30. The number of pyridine rings is 1. The van der Waals surface area contributed by atoms with E-state index in [1.807, 2.05) is 24.3 Å². The molecule has 1 unspecified atom stereocenters. The fourth-order valence-corrected chi connectivity index (χ4v) is 4.36. The average molecular weight is 478 g/mol. The van der Waals surface area contributed by atoms with Crippen molar-refractivity contribution in [3.05, 3.63) is 93.6 Å². The Morgan fingerprint density at radius 2 is 1.79 bits per heavy atom. The lowest BCUT2D eigenvalue weighted by molar-refractivity contribution is -0.139. The van der Waals surface area contributed by atoms with Crippen molar-refractivity contribution in [2.45, 2.75) is 44.6 Å². The number of fused-ring (bicyclic) bond motifs is 1. The highest BCUT2D eigenvalue weighted by Gasteiger charge is 2.22. The first-order valence-corrected chi connectivity index (χ1v) is 12.0. The Morgan fingerprint density at radius 3 is 2.56 bits per heavy atom. The quantitative estimate of drug-likeness (QED) is 0.415. The highest BCUT2D eigenvalue weighted by molar-refractivity contribution is 6.33. The molecular weight excluding hydrogens is 450 g/mol. The fraction of sp³-hybridized carbons (Fsp3) is 0.296. The number of hydrogen-bond donors (Lipinski definition) is 3. The van der Waals surface area contributed by atoms with Gasteiger partial charge in [0.15, 0.2) is 0 Å². The van der Waals surface area contributed by atoms with Crippen molar-refractivity contribution in [2.24, 2.45) is 0 Å². The molecule has 2 aromatic carbocycles. The number of benzene rings is 2. The molecular formula is C27H28ClN3O3. The van der Waals surface area contributed by atoms with Crippen LogP contribution in [-0.4, -0.2) is 34.6 Å². The number of anilines is 1. The summed E-state index contributed by atoms with van der Waals surface area (Å²) in [7, 11) is 0. The van der Waals surface area contributed by atoms with Crippen LogP contribution < -0.4 is 10.6 Å². The molecule has 0 radical (unpaired) electrons. The maximum absolute atomic E-state index is 12.5. The number of aryl methyl sites for hydroxylation is 3. The monoisotopic (exact) mass is 477 g/mol. The lowest BCUT2D eigenvalue weighted by Gasteiger charge is -2.17. The summed E-state index contributed by atoms with van der Waals surface area (Å²) in [5.74, 6) is -0.556. The maximum Gasteiger partial charge on any atom is 0.326 e. The minimum absolute atomic E-state index is 0.192. The molecule has 2 heterocycles. The van der Waals surface area contributed by atoms with E-state index in [9.17, 15) is 14.7 Å². The zero-order valence-electron chi connectivity index (χ0n) is 18.9. The number of carbonyl (C=O) groups excluding carboxylic acids is 1. The molecule has 1 amide bonds. The smallest absolute Gasteiger partial charge is 0.326 e. The molecule has 0 fully saturated rings. The Hall–Kier alpha value is -3.38. The van der Waals surface area contributed by atoms with Crippen LogP contribution in [0.15, 0.2) is 60.7 Å². The highest BCUT2D eigenvalue weighted by Crippen LogP contribution is 2.21. The van der Waals surface area contributed by atoms with Crippen molar-refractivity contribution in [3.8, 4) is 0 Å². The van der Waals surface area contributed by atoms with Crippen LogP contribution in [0, 0.1) is 0 Å². The minimum Gasteiger partial charge on any atom is -0.480 e. The number of hydrogen-bond acceptors (Lipinski definition) is 4. The van der Waals surface area contributed by atoms with Crippen molar-refractivity contribution in [1.29, 1.82) is 0 Å². The number of nitrogens with zero attached hydrogens (tertiary/aromatic N) is 1. The van der Waals surface area contributed by atoms with E-state index in [1.54, 1.807) is 24.3 Å². The van der Waals surface area contributed by atoms with E-state index in [-0.39, 0.29) is 17.0 Å². The number of aromatic nitrogens is 1. The topological polar surface area (TPSA) is 91.3 Å². The van der Waals surface area contributed by atoms with Gasteiger partial charge in [-0.25, -0.2) is 9.78 Å². The Bertz CT molecular complexity index is 1160. The Morgan fingerprint density at radius 1 is 1.03 bits per heavy atom. The first-order valence-electron chi connectivity index (χ1n) is 11.6. The highest BCUT2D eigenvalue weighted by atomic mass is 35.5. The Labute approximate surface area is 204 Å². The largest absolute Gasteiger partial charge is 0.480 e. The van der Waals surface area contributed by atoms with E-state index in [0.29, 0.717) is 0 Å². The first-order chi connectivity index (χ1) is 16.5. The lowest BCUT2D eigenvalue weighted by Crippen LogP contribution is -2.42. The number of carboxylic acid groups (broad SMARTS) is 1. The molecule has 1 aliphatic rings. The second-order valence-electron chi connectivity index (χ2n) is 8.56. The molecule has 6 nitrogen and oxygen atoms in total. The van der Waals surface area contributed by atoms with Crippen LogP contribution in [0.3, 0.4) is 0 Å². The van der Waals surface area contributed by atoms with E-state index in [4.69, 9.17) is 16.6 Å². The summed E-state index contributed by atoms with van der Waals surface area (Å²) in [5, 5.41) is 15.8. The molecule has 3 aromatic rings. The summed E-state index contributed by atoms with van der Waals surface area (Å²) in [5.41, 5.74) is 4.69. The van der Waals surface area contributed by atoms with Gasteiger partial charge in [-0.05, 0) is 67.0 Å². The molecule has 0 spiro atoms. The van der Waals surface area contributed by atoms with Crippen LogP contribution >= 0.6 is 11.6 Å². The summed E-state index contributed by atoms with van der Waals surface area (Å²) in [4.78, 5) is 29.0. The van der Waals surface area contributed by atoms with Crippen molar-refractivity contribution < 1.29 is 14.7 Å². The average Bonchev–Trinajstić information content (AvgIpc) is 2.84. The lowest BCUT2D eigenvalue weighted by atomic mass is 10.0. The van der Waals surface area contributed by atoms with Crippen LogP contribution in [0.2, 0.25) is 5.02 Å². The van der Waals surface area contributed by atoms with Gasteiger partial charge in [-0.15, -0.1) is 0 Å². The van der Waals surface area contributed by atoms with Gasteiger partial charge < -0.3 is 15.7 Å². The van der Waals surface area contributed by atoms with Gasteiger partial charge in [0, 0.05) is 18.7 Å². The number of aliphatic carboxylic acids is 1. The summed E-state index contributed by atoms with van der Waals surface area (Å²) < 4.78 is 0. The van der Waals surface area contributed by atoms with Crippen molar-refractivity contribution in [3.63, 3.8) is 0 Å². The standard InChI is InChI=1S/C27H28ClN3O3/c28-23-9-2-1-8-22(23)26(32)31-24(27(33)34)17-19-12-10-18(11-13-19)5-3-7-21-15-14-20-6-4-16-29-25(20)30-21/h1-2,8-15,24H,3-7,16-17H2,(H,29,30)(H,31,32)(H,33,34).